The molecule has 2 saturated heterocycles. The van der Waals surface area contributed by atoms with E-state index in [0.717, 1.165) is 0 Å². The lowest BCUT2D eigenvalue weighted by Gasteiger charge is -2.35. The van der Waals surface area contributed by atoms with Crippen molar-refractivity contribution in [2.24, 2.45) is 5.92 Å². The number of anilines is 1. The number of methoxy groups -OCH3 is 1. The summed E-state index contributed by atoms with van der Waals surface area (Å²) < 4.78 is 18.6. The third-order valence-corrected chi connectivity index (χ3v) is 6.34. The topological polar surface area (TPSA) is 82.2 Å². The van der Waals surface area contributed by atoms with Crippen LogP contribution in [-0.2, 0) is 9.59 Å². The normalized spacial score (nSPS) is 18.8. The molecule has 8 nitrogen and oxygen atoms in total. The lowest BCUT2D eigenvalue weighted by molar-refractivity contribution is -0.137. The Morgan fingerprint density at radius 1 is 1.09 bits per heavy atom. The molecule has 2 aliphatic rings. The van der Waals surface area contributed by atoms with E-state index in [2.05, 4.69) is 10.2 Å². The van der Waals surface area contributed by atoms with Gasteiger partial charge in [-0.2, -0.15) is 0 Å². The predicted octanol–water partition coefficient (Wildman–Crippen LogP) is 1.76. The van der Waals surface area contributed by atoms with Crippen molar-refractivity contribution < 1.29 is 23.5 Å². The third-order valence-electron chi connectivity index (χ3n) is 6.34. The molecule has 1 unspecified atom stereocenters. The second-order valence-corrected chi connectivity index (χ2v) is 8.54. The van der Waals surface area contributed by atoms with Gasteiger partial charge in [-0.15, -0.1) is 0 Å². The Kier molecular flexibility index (Phi) is 7.42. The van der Waals surface area contributed by atoms with Crippen LogP contribution in [0.25, 0.3) is 0 Å². The van der Waals surface area contributed by atoms with E-state index < -0.39 is 11.7 Å². The van der Waals surface area contributed by atoms with Crippen LogP contribution in [0.4, 0.5) is 10.1 Å². The summed E-state index contributed by atoms with van der Waals surface area (Å²) in [6, 6.07) is 12.8. The number of hydrogen-bond donors (Lipinski definition) is 1. The fourth-order valence-corrected chi connectivity index (χ4v) is 4.39. The summed E-state index contributed by atoms with van der Waals surface area (Å²) in [4.78, 5) is 43.2. The van der Waals surface area contributed by atoms with Gasteiger partial charge in [0.05, 0.1) is 13.0 Å². The Morgan fingerprint density at radius 3 is 2.50 bits per heavy atom. The van der Waals surface area contributed by atoms with Gasteiger partial charge in [0.25, 0.3) is 5.91 Å². The van der Waals surface area contributed by atoms with Crippen LogP contribution in [-0.4, -0.2) is 80.4 Å². The summed E-state index contributed by atoms with van der Waals surface area (Å²) in [5, 5.41) is 2.92. The fraction of sp³-hybridized carbons (Fsp3) is 0.400. The molecule has 0 radical (unpaired) electrons. The lowest BCUT2D eigenvalue weighted by atomic mass is 10.1. The standard InChI is InChI=1S/C25H29FN4O4/c1-34-22-7-5-18(6-8-22)24(32)27-9-10-28-11-13-29(14-12-28)25(33)19-15-23(31)30(17-19)21-4-2-3-20(26)16-21/h2-8,16,19H,9-15,17H2,1H3,(H,27,32). The zero-order chi connectivity index (χ0) is 24.1. The number of rotatable bonds is 7. The van der Waals surface area contributed by atoms with Crippen LogP contribution >= 0.6 is 0 Å². The number of piperazine rings is 1. The monoisotopic (exact) mass is 468 g/mol. The van der Waals surface area contributed by atoms with Gasteiger partial charge in [-0.3, -0.25) is 19.3 Å². The smallest absolute Gasteiger partial charge is 0.251 e. The van der Waals surface area contributed by atoms with Gasteiger partial charge in [0.15, 0.2) is 0 Å². The first-order chi connectivity index (χ1) is 16.4. The Balaban J connectivity index is 1.20. The second-order valence-electron chi connectivity index (χ2n) is 8.54. The van der Waals surface area contributed by atoms with Crippen LogP contribution in [0.2, 0.25) is 0 Å². The maximum Gasteiger partial charge on any atom is 0.251 e. The summed E-state index contributed by atoms with van der Waals surface area (Å²) >= 11 is 0. The molecule has 34 heavy (non-hydrogen) atoms. The maximum absolute atomic E-state index is 13.5. The Hall–Kier alpha value is -3.46. The van der Waals surface area contributed by atoms with Crippen LogP contribution in [0.1, 0.15) is 16.8 Å². The van der Waals surface area contributed by atoms with E-state index in [1.165, 1.54) is 17.0 Å². The van der Waals surface area contributed by atoms with Crippen molar-refractivity contribution in [3.05, 3.63) is 59.9 Å². The molecule has 0 saturated carbocycles. The van der Waals surface area contributed by atoms with Crippen LogP contribution < -0.4 is 15.0 Å². The molecule has 1 N–H and O–H groups in total. The molecule has 2 heterocycles. The van der Waals surface area contributed by atoms with Crippen molar-refractivity contribution >= 4 is 23.4 Å². The first-order valence-corrected chi connectivity index (χ1v) is 11.4. The fourth-order valence-electron chi connectivity index (χ4n) is 4.39. The number of nitrogens with one attached hydrogen (secondary N) is 1. The quantitative estimate of drug-likeness (QED) is 0.670. The van der Waals surface area contributed by atoms with Gasteiger partial charge in [0.1, 0.15) is 11.6 Å². The molecule has 9 heteroatoms. The minimum Gasteiger partial charge on any atom is -0.497 e. The van der Waals surface area contributed by atoms with Crippen molar-refractivity contribution in [2.75, 3.05) is 57.8 Å². The number of carbonyl (C=O) groups excluding carboxylic acids is 3. The number of carbonyl (C=O) groups is 3. The minimum absolute atomic E-state index is 0.0280. The molecule has 2 aliphatic heterocycles. The zero-order valence-electron chi connectivity index (χ0n) is 19.2. The van der Waals surface area contributed by atoms with E-state index in [1.807, 2.05) is 0 Å². The summed E-state index contributed by atoms with van der Waals surface area (Å²) in [7, 11) is 1.58. The summed E-state index contributed by atoms with van der Waals surface area (Å²) in [6.07, 6.45) is 0.146. The number of nitrogens with zero attached hydrogens (tertiary/aromatic N) is 3. The van der Waals surface area contributed by atoms with E-state index in [0.29, 0.717) is 56.3 Å². The van der Waals surface area contributed by atoms with Crippen LogP contribution in [0, 0.1) is 11.7 Å². The SMILES string of the molecule is COc1ccc(C(=O)NCCN2CCN(C(=O)C3CC(=O)N(c4cccc(F)c4)C3)CC2)cc1. The summed E-state index contributed by atoms with van der Waals surface area (Å²) in [6.45, 7) is 4.05. The Labute approximate surface area is 198 Å². The van der Waals surface area contributed by atoms with Gasteiger partial charge in [-0.05, 0) is 42.5 Å². The van der Waals surface area contributed by atoms with E-state index >= 15 is 0 Å². The molecule has 2 aromatic rings. The minimum atomic E-state index is -0.411. The molecular weight excluding hydrogens is 439 g/mol. The van der Waals surface area contributed by atoms with Gasteiger partial charge in [-0.1, -0.05) is 6.07 Å². The van der Waals surface area contributed by atoms with Crippen molar-refractivity contribution in [3.8, 4) is 5.75 Å². The lowest BCUT2D eigenvalue weighted by Crippen LogP contribution is -2.51. The summed E-state index contributed by atoms with van der Waals surface area (Å²) in [5.41, 5.74) is 1.07. The molecule has 0 aromatic heterocycles. The van der Waals surface area contributed by atoms with E-state index in [-0.39, 0.29) is 30.7 Å². The predicted molar refractivity (Wildman–Crippen MR) is 125 cm³/mol. The van der Waals surface area contributed by atoms with Crippen LogP contribution in [0.15, 0.2) is 48.5 Å². The third kappa shape index (κ3) is 5.53. The number of benzene rings is 2. The average molecular weight is 469 g/mol. The maximum atomic E-state index is 13.5. The number of halogens is 1. The molecule has 0 spiro atoms. The number of amides is 3. The Bertz CT molecular complexity index is 1040. The largest absolute Gasteiger partial charge is 0.497 e. The molecule has 180 valence electrons. The highest BCUT2D eigenvalue weighted by molar-refractivity contribution is 6.00. The summed E-state index contributed by atoms with van der Waals surface area (Å²) in [5.74, 6) is -0.435. The van der Waals surface area contributed by atoms with Gasteiger partial charge >= 0.3 is 0 Å². The van der Waals surface area contributed by atoms with Crippen LogP contribution in [0.5, 0.6) is 5.75 Å². The number of hydrogen-bond acceptors (Lipinski definition) is 5. The molecule has 1 atom stereocenters. The molecular formula is C25H29FN4O4. The van der Waals surface area contributed by atoms with Gasteiger partial charge in [0, 0.05) is 63.5 Å². The second kappa shape index (κ2) is 10.6. The van der Waals surface area contributed by atoms with Gasteiger partial charge in [0.2, 0.25) is 11.8 Å². The molecule has 0 aliphatic carbocycles. The number of ether oxygens (including phenoxy) is 1. The van der Waals surface area contributed by atoms with Gasteiger partial charge in [-0.25, -0.2) is 4.39 Å². The zero-order valence-corrected chi connectivity index (χ0v) is 19.2. The molecule has 2 fully saturated rings. The molecule has 2 aromatic carbocycles. The molecule has 4 rings (SSSR count). The highest BCUT2D eigenvalue weighted by Crippen LogP contribution is 2.27. The van der Waals surface area contributed by atoms with Gasteiger partial charge < -0.3 is 19.9 Å². The highest BCUT2D eigenvalue weighted by atomic mass is 19.1. The first kappa shape index (κ1) is 23.7. The average Bonchev–Trinajstić information content (AvgIpc) is 3.25. The van der Waals surface area contributed by atoms with E-state index in [9.17, 15) is 18.8 Å². The first-order valence-electron chi connectivity index (χ1n) is 11.4. The van der Waals surface area contributed by atoms with Crippen molar-refractivity contribution in [3.63, 3.8) is 0 Å². The molecule has 3 amide bonds. The molecule has 0 bridgehead atoms. The van der Waals surface area contributed by atoms with Crippen LogP contribution in [0.3, 0.4) is 0 Å². The van der Waals surface area contributed by atoms with Crippen molar-refractivity contribution in [1.29, 1.82) is 0 Å². The highest BCUT2D eigenvalue weighted by Gasteiger charge is 2.38. The van der Waals surface area contributed by atoms with Crippen molar-refractivity contribution in [2.45, 2.75) is 6.42 Å². The van der Waals surface area contributed by atoms with E-state index in [1.54, 1.807) is 48.4 Å². The van der Waals surface area contributed by atoms with Crippen molar-refractivity contribution in [1.82, 2.24) is 15.1 Å². The van der Waals surface area contributed by atoms with E-state index in [4.69, 9.17) is 4.74 Å². The Morgan fingerprint density at radius 2 is 1.82 bits per heavy atom.